The molecule has 4 fully saturated rings. The van der Waals surface area contributed by atoms with E-state index in [2.05, 4.69) is 17.3 Å². The number of amides is 1. The van der Waals surface area contributed by atoms with E-state index >= 15 is 0 Å². The van der Waals surface area contributed by atoms with Crippen molar-refractivity contribution in [1.82, 2.24) is 10.2 Å². The summed E-state index contributed by atoms with van der Waals surface area (Å²) in [5, 5.41) is 3.04. The third-order valence-corrected chi connectivity index (χ3v) is 9.54. The molecular formula is C30H48N2O7. The zero-order valence-corrected chi connectivity index (χ0v) is 23.9. The van der Waals surface area contributed by atoms with Crippen LogP contribution in [0.2, 0.25) is 0 Å². The molecule has 0 aromatic rings. The van der Waals surface area contributed by atoms with Gasteiger partial charge in [-0.15, -0.1) is 0 Å². The number of hydrogen-bond donors (Lipinski definition) is 1. The molecule has 1 amide bonds. The van der Waals surface area contributed by atoms with Crippen molar-refractivity contribution in [2.24, 2.45) is 17.8 Å². The number of carbonyl (C=O) groups is 4. The molecule has 1 N–H and O–H groups in total. The molecular weight excluding hydrogens is 500 g/mol. The van der Waals surface area contributed by atoms with E-state index in [0.717, 1.165) is 70.6 Å². The first-order valence-electron chi connectivity index (χ1n) is 15.4. The zero-order valence-electron chi connectivity index (χ0n) is 23.9. The Kier molecular flexibility index (Phi) is 11.1. The maximum Gasteiger partial charge on any atom is 0.314 e. The monoisotopic (exact) mass is 548 g/mol. The van der Waals surface area contributed by atoms with Crippen LogP contribution in [0.15, 0.2) is 0 Å². The third-order valence-electron chi connectivity index (χ3n) is 9.54. The van der Waals surface area contributed by atoms with Gasteiger partial charge in [-0.3, -0.25) is 24.1 Å². The molecule has 2 bridgehead atoms. The van der Waals surface area contributed by atoms with Gasteiger partial charge in [-0.2, -0.15) is 0 Å². The van der Waals surface area contributed by atoms with Crippen LogP contribution in [0.3, 0.4) is 0 Å². The Bertz CT molecular complexity index is 850. The van der Waals surface area contributed by atoms with E-state index in [1.165, 1.54) is 6.42 Å². The Morgan fingerprint density at radius 2 is 1.59 bits per heavy atom. The van der Waals surface area contributed by atoms with Crippen molar-refractivity contribution < 1.29 is 33.4 Å². The lowest BCUT2D eigenvalue weighted by molar-refractivity contribution is -0.173. The number of esters is 3. The fraction of sp³-hybridized carbons (Fsp3) is 0.867. The smallest absolute Gasteiger partial charge is 0.314 e. The number of nitrogens with zero attached hydrogens (tertiary/aromatic N) is 1. The molecule has 0 radical (unpaired) electrons. The molecule has 9 nitrogen and oxygen atoms in total. The third kappa shape index (κ3) is 8.18. The molecule has 2 saturated carbocycles. The highest BCUT2D eigenvalue weighted by Gasteiger charge is 2.51. The molecule has 4 rings (SSSR count). The molecule has 2 unspecified atom stereocenters. The van der Waals surface area contributed by atoms with Gasteiger partial charge in [-0.05, 0) is 77.7 Å². The summed E-state index contributed by atoms with van der Waals surface area (Å²) in [6.07, 6.45) is 12.2. The average molecular weight is 549 g/mol. The molecule has 0 spiro atoms. The SMILES string of the molecule is CCOC(=O)CCC(=O)NC1CCC(CCOC(=O)C2C3CC[C@H](C[C@@H]2OC(=O)C2CCCCC2)N3C)CC1. The quantitative estimate of drug-likeness (QED) is 0.306. The Hall–Kier alpha value is -2.16. The van der Waals surface area contributed by atoms with Crippen molar-refractivity contribution in [1.29, 1.82) is 0 Å². The second-order valence-corrected chi connectivity index (χ2v) is 12.1. The number of ether oxygens (including phenoxy) is 3. The summed E-state index contributed by atoms with van der Waals surface area (Å²) in [4.78, 5) is 52.2. The Morgan fingerprint density at radius 3 is 2.31 bits per heavy atom. The molecule has 2 saturated heterocycles. The van der Waals surface area contributed by atoms with Crippen LogP contribution in [0.1, 0.15) is 103 Å². The average Bonchev–Trinajstić information content (AvgIpc) is 3.16. The topological polar surface area (TPSA) is 111 Å². The van der Waals surface area contributed by atoms with Crippen molar-refractivity contribution >= 4 is 23.8 Å². The van der Waals surface area contributed by atoms with Crippen LogP contribution < -0.4 is 5.32 Å². The Balaban J connectivity index is 1.19. The lowest BCUT2D eigenvalue weighted by atomic mass is 9.84. The fourth-order valence-electron chi connectivity index (χ4n) is 7.20. The molecule has 9 heteroatoms. The van der Waals surface area contributed by atoms with Crippen molar-refractivity contribution in [3.05, 3.63) is 0 Å². The molecule has 0 aromatic carbocycles. The maximum atomic E-state index is 13.3. The molecule has 2 heterocycles. The number of nitrogens with one attached hydrogen (secondary N) is 1. The van der Waals surface area contributed by atoms with Crippen molar-refractivity contribution in [3.63, 3.8) is 0 Å². The summed E-state index contributed by atoms with van der Waals surface area (Å²) in [6, 6.07) is 0.568. The van der Waals surface area contributed by atoms with Crippen molar-refractivity contribution in [2.45, 2.75) is 127 Å². The number of carbonyl (C=O) groups excluding carboxylic acids is 4. The van der Waals surface area contributed by atoms with Gasteiger partial charge in [0.2, 0.25) is 5.91 Å². The molecule has 0 aromatic heterocycles. The lowest BCUT2D eigenvalue weighted by Crippen LogP contribution is -2.54. The number of piperidine rings is 1. The Labute approximate surface area is 233 Å². The predicted octanol–water partition coefficient (Wildman–Crippen LogP) is 3.91. The number of rotatable bonds is 11. The zero-order chi connectivity index (χ0) is 27.8. The van der Waals surface area contributed by atoms with Gasteiger partial charge < -0.3 is 19.5 Å². The summed E-state index contributed by atoms with van der Waals surface area (Å²) in [7, 11) is 2.08. The highest BCUT2D eigenvalue weighted by atomic mass is 16.6. The first kappa shape index (κ1) is 29.8. The van der Waals surface area contributed by atoms with Gasteiger partial charge in [0.15, 0.2) is 0 Å². The summed E-state index contributed by atoms with van der Waals surface area (Å²) in [5.41, 5.74) is 0. The highest BCUT2D eigenvalue weighted by Crippen LogP contribution is 2.41. The summed E-state index contributed by atoms with van der Waals surface area (Å²) in [6.45, 7) is 2.45. The van der Waals surface area contributed by atoms with Crippen LogP contribution in [-0.4, -0.2) is 73.2 Å². The fourth-order valence-corrected chi connectivity index (χ4v) is 7.20. The molecule has 2 aliphatic carbocycles. The minimum atomic E-state index is -0.415. The van der Waals surface area contributed by atoms with Crippen LogP contribution in [0, 0.1) is 17.8 Å². The first-order valence-corrected chi connectivity index (χ1v) is 15.4. The molecule has 39 heavy (non-hydrogen) atoms. The van der Waals surface area contributed by atoms with Crippen LogP contribution in [0.5, 0.6) is 0 Å². The summed E-state index contributed by atoms with van der Waals surface area (Å²) in [5.74, 6) is -0.775. The number of fused-ring (bicyclic) bond motifs is 2. The van der Waals surface area contributed by atoms with Crippen LogP contribution in [0.25, 0.3) is 0 Å². The second kappa shape index (κ2) is 14.5. The van der Waals surface area contributed by atoms with Gasteiger partial charge in [-0.1, -0.05) is 19.3 Å². The minimum absolute atomic E-state index is 0.0230. The second-order valence-electron chi connectivity index (χ2n) is 12.1. The molecule has 4 aliphatic rings. The van der Waals surface area contributed by atoms with E-state index in [-0.39, 0.29) is 60.8 Å². The lowest BCUT2D eigenvalue weighted by Gasteiger charge is -2.41. The normalized spacial score (nSPS) is 31.3. The van der Waals surface area contributed by atoms with Crippen molar-refractivity contribution in [2.75, 3.05) is 20.3 Å². The van der Waals surface area contributed by atoms with Gasteiger partial charge in [-0.25, -0.2) is 0 Å². The van der Waals surface area contributed by atoms with E-state index in [1.807, 2.05) is 0 Å². The standard InChI is InChI=1S/C30H48N2O7/c1-3-37-27(34)16-15-26(33)31-22-11-9-20(10-12-22)17-18-38-30(36)28-24-14-13-23(32(24)2)19-25(28)39-29(35)21-7-5-4-6-8-21/h20-25,28H,3-19H2,1-2H3,(H,31,33)/t20?,22?,23-,24?,25+,28?/m1/s1. The van der Waals surface area contributed by atoms with Crippen LogP contribution in [0.4, 0.5) is 0 Å². The van der Waals surface area contributed by atoms with Crippen LogP contribution in [-0.2, 0) is 33.4 Å². The summed E-state index contributed by atoms with van der Waals surface area (Å²) < 4.78 is 16.8. The largest absolute Gasteiger partial charge is 0.466 e. The van der Waals surface area contributed by atoms with Gasteiger partial charge in [0, 0.05) is 31.0 Å². The molecule has 4 atom stereocenters. The highest BCUT2D eigenvalue weighted by molar-refractivity contribution is 5.81. The van der Waals surface area contributed by atoms with E-state index in [9.17, 15) is 19.2 Å². The van der Waals surface area contributed by atoms with Gasteiger partial charge in [0.05, 0.1) is 25.6 Å². The molecule has 220 valence electrons. The van der Waals surface area contributed by atoms with E-state index < -0.39 is 5.92 Å². The van der Waals surface area contributed by atoms with Gasteiger partial charge >= 0.3 is 17.9 Å². The minimum Gasteiger partial charge on any atom is -0.466 e. The molecule has 2 aliphatic heterocycles. The van der Waals surface area contributed by atoms with E-state index in [4.69, 9.17) is 14.2 Å². The Morgan fingerprint density at radius 1 is 0.846 bits per heavy atom. The van der Waals surface area contributed by atoms with E-state index in [1.54, 1.807) is 6.92 Å². The number of hydrogen-bond acceptors (Lipinski definition) is 8. The van der Waals surface area contributed by atoms with E-state index in [0.29, 0.717) is 31.6 Å². The van der Waals surface area contributed by atoms with Gasteiger partial charge in [0.25, 0.3) is 0 Å². The van der Waals surface area contributed by atoms with Crippen LogP contribution >= 0.6 is 0 Å². The maximum absolute atomic E-state index is 13.3. The summed E-state index contributed by atoms with van der Waals surface area (Å²) >= 11 is 0. The first-order chi connectivity index (χ1) is 18.9. The predicted molar refractivity (Wildman–Crippen MR) is 144 cm³/mol. The van der Waals surface area contributed by atoms with Crippen molar-refractivity contribution in [3.8, 4) is 0 Å². The van der Waals surface area contributed by atoms with Gasteiger partial charge in [0.1, 0.15) is 12.0 Å².